The van der Waals surface area contributed by atoms with E-state index in [-0.39, 0.29) is 31.1 Å². The standard InChI is InChI=1S/C18H17F2N5O3/c19-15-9-13(10-16(20)17(15)25-6-8-27-7-4-22-25)24-12-14(28-18(24)26)11-23-5-2-1-3-21-23/h1-2,4-5,9-10,14H,6-8,11-12H2/t14-/m0/s1. The maximum Gasteiger partial charge on any atom is 0.414 e. The van der Waals surface area contributed by atoms with E-state index < -0.39 is 23.8 Å². The number of nitrogens with zero attached hydrogens (tertiary/aromatic N) is 5. The first-order chi connectivity index (χ1) is 13.6. The van der Waals surface area contributed by atoms with E-state index in [9.17, 15) is 13.6 Å². The van der Waals surface area contributed by atoms with Crippen LogP contribution < -0.4 is 9.91 Å². The first-order valence-electron chi connectivity index (χ1n) is 8.69. The van der Waals surface area contributed by atoms with Crippen LogP contribution in [0.5, 0.6) is 0 Å². The first-order valence-corrected chi connectivity index (χ1v) is 8.69. The Kier molecular flexibility index (Phi) is 5.05. The van der Waals surface area contributed by atoms with Gasteiger partial charge in [-0.2, -0.15) is 5.10 Å². The zero-order valence-corrected chi connectivity index (χ0v) is 14.8. The van der Waals surface area contributed by atoms with Gasteiger partial charge in [0.25, 0.3) is 0 Å². The molecule has 28 heavy (non-hydrogen) atoms. The number of carbonyl (C=O) groups excluding carboxylic acids is 1. The van der Waals surface area contributed by atoms with Crippen LogP contribution in [0.15, 0.2) is 40.7 Å². The van der Waals surface area contributed by atoms with Crippen molar-refractivity contribution in [2.24, 2.45) is 10.2 Å². The van der Waals surface area contributed by atoms with E-state index in [1.54, 1.807) is 23.4 Å². The summed E-state index contributed by atoms with van der Waals surface area (Å²) >= 11 is 0. The molecule has 3 aliphatic heterocycles. The van der Waals surface area contributed by atoms with Crippen LogP contribution in [0, 0.1) is 11.6 Å². The zero-order valence-electron chi connectivity index (χ0n) is 14.8. The molecule has 1 aromatic rings. The number of carbonyl (C=O) groups is 1. The van der Waals surface area contributed by atoms with E-state index in [1.807, 2.05) is 0 Å². The molecule has 1 saturated heterocycles. The third-order valence-corrected chi connectivity index (χ3v) is 4.31. The highest BCUT2D eigenvalue weighted by Gasteiger charge is 2.34. The number of hydrazone groups is 2. The van der Waals surface area contributed by atoms with E-state index >= 15 is 0 Å². The molecule has 1 fully saturated rings. The van der Waals surface area contributed by atoms with Gasteiger partial charge in [0.1, 0.15) is 11.8 Å². The minimum absolute atomic E-state index is 0.0823. The fraction of sp³-hybridized carbons (Fsp3) is 0.333. The number of hydrogen-bond acceptors (Lipinski definition) is 7. The number of ether oxygens (including phenoxy) is 2. The summed E-state index contributed by atoms with van der Waals surface area (Å²) in [5.74, 6) is 1.04. The highest BCUT2D eigenvalue weighted by atomic mass is 19.1. The lowest BCUT2D eigenvalue weighted by Gasteiger charge is -2.21. The molecule has 3 heterocycles. The molecule has 10 heteroatoms. The molecule has 146 valence electrons. The van der Waals surface area contributed by atoms with Crippen LogP contribution in [0.4, 0.5) is 25.0 Å². The number of halogens is 2. The summed E-state index contributed by atoms with van der Waals surface area (Å²) in [5.41, 5.74) is -0.201. The summed E-state index contributed by atoms with van der Waals surface area (Å²) < 4.78 is 39.8. The molecule has 0 aromatic heterocycles. The van der Waals surface area contributed by atoms with Gasteiger partial charge >= 0.3 is 6.09 Å². The van der Waals surface area contributed by atoms with E-state index in [0.717, 1.165) is 12.1 Å². The van der Waals surface area contributed by atoms with E-state index in [1.165, 1.54) is 16.1 Å². The summed E-state index contributed by atoms with van der Waals surface area (Å²) in [7, 11) is 0. The van der Waals surface area contributed by atoms with Crippen molar-refractivity contribution in [3.63, 3.8) is 0 Å². The normalized spacial score (nSPS) is 21.4. The lowest BCUT2D eigenvalue weighted by molar-refractivity contribution is 0.123. The average Bonchev–Trinajstić information content (AvgIpc) is 2.87. The second kappa shape index (κ2) is 7.79. The third-order valence-electron chi connectivity index (χ3n) is 4.31. The Bertz CT molecular complexity index is 874. The topological polar surface area (TPSA) is 70.0 Å². The number of allylic oxidation sites excluding steroid dienone is 2. The van der Waals surface area contributed by atoms with Gasteiger partial charge in [0, 0.05) is 30.3 Å². The van der Waals surface area contributed by atoms with E-state index in [2.05, 4.69) is 16.1 Å². The third kappa shape index (κ3) is 3.73. The second-order valence-electron chi connectivity index (χ2n) is 6.23. The summed E-state index contributed by atoms with van der Waals surface area (Å²) in [5, 5.41) is 10.8. The molecule has 1 atom stereocenters. The van der Waals surface area contributed by atoms with Crippen molar-refractivity contribution in [1.82, 2.24) is 5.01 Å². The molecular weight excluding hydrogens is 372 g/mol. The van der Waals surface area contributed by atoms with Crippen LogP contribution in [0.25, 0.3) is 0 Å². The number of cyclic esters (lactones) is 1. The molecule has 0 aliphatic carbocycles. The molecule has 0 bridgehead atoms. The molecule has 1 amide bonds. The zero-order chi connectivity index (χ0) is 19.5. The van der Waals surface area contributed by atoms with Gasteiger partial charge in [-0.1, -0.05) is 0 Å². The van der Waals surface area contributed by atoms with Gasteiger partial charge in [-0.15, -0.1) is 5.10 Å². The van der Waals surface area contributed by atoms with Gasteiger partial charge in [0.15, 0.2) is 11.6 Å². The molecule has 1 aromatic carbocycles. The Morgan fingerprint density at radius 2 is 2.11 bits per heavy atom. The molecule has 8 nitrogen and oxygen atoms in total. The Hall–Kier alpha value is -3.23. The summed E-state index contributed by atoms with van der Waals surface area (Å²) in [6.07, 6.45) is 5.39. The van der Waals surface area contributed by atoms with Crippen molar-refractivity contribution in [2.75, 3.05) is 42.8 Å². The smallest absolute Gasteiger partial charge is 0.414 e. The summed E-state index contributed by atoms with van der Waals surface area (Å²) in [4.78, 5) is 13.4. The highest BCUT2D eigenvalue weighted by Crippen LogP contribution is 2.31. The molecule has 0 spiro atoms. The van der Waals surface area contributed by atoms with E-state index in [4.69, 9.17) is 9.47 Å². The van der Waals surface area contributed by atoms with Crippen LogP contribution in [0.1, 0.15) is 0 Å². The highest BCUT2D eigenvalue weighted by molar-refractivity contribution is 5.90. The largest absolute Gasteiger partial charge is 0.442 e. The molecule has 0 unspecified atom stereocenters. The molecular formula is C18H17F2N5O3. The Labute approximate surface area is 159 Å². The van der Waals surface area contributed by atoms with Crippen LogP contribution in [0.3, 0.4) is 0 Å². The molecule has 0 saturated carbocycles. The fourth-order valence-electron chi connectivity index (χ4n) is 3.06. The minimum Gasteiger partial charge on any atom is -0.442 e. The van der Waals surface area contributed by atoms with Gasteiger partial charge in [-0.05, 0) is 6.08 Å². The number of amides is 1. The second-order valence-corrected chi connectivity index (χ2v) is 6.23. The van der Waals surface area contributed by atoms with Crippen LogP contribution in [-0.4, -0.2) is 62.1 Å². The fourth-order valence-corrected chi connectivity index (χ4v) is 3.06. The van der Waals surface area contributed by atoms with Crippen molar-refractivity contribution < 1.29 is 23.0 Å². The molecule has 4 rings (SSSR count). The predicted molar refractivity (Wildman–Crippen MR) is 98.5 cm³/mol. The van der Waals surface area contributed by atoms with Gasteiger partial charge in [0.2, 0.25) is 0 Å². The molecule has 0 N–H and O–H groups in total. The van der Waals surface area contributed by atoms with Crippen molar-refractivity contribution >= 4 is 29.6 Å². The van der Waals surface area contributed by atoms with Gasteiger partial charge < -0.3 is 9.47 Å². The molecule has 3 aliphatic rings. The van der Waals surface area contributed by atoms with Crippen molar-refractivity contribution in [3.05, 3.63) is 42.1 Å². The number of benzene rings is 1. The van der Waals surface area contributed by atoms with Crippen molar-refractivity contribution in [1.29, 1.82) is 0 Å². The average molecular weight is 389 g/mol. The lowest BCUT2D eigenvalue weighted by atomic mass is 10.2. The Balaban J connectivity index is 1.52. The Morgan fingerprint density at radius 3 is 2.86 bits per heavy atom. The van der Waals surface area contributed by atoms with Crippen LogP contribution in [-0.2, 0) is 9.47 Å². The maximum absolute atomic E-state index is 14.7. The maximum atomic E-state index is 14.7. The number of anilines is 2. The van der Waals surface area contributed by atoms with Crippen molar-refractivity contribution in [2.45, 2.75) is 6.10 Å². The van der Waals surface area contributed by atoms with Crippen LogP contribution in [0.2, 0.25) is 0 Å². The summed E-state index contributed by atoms with van der Waals surface area (Å²) in [6, 6.07) is 2.20. The minimum atomic E-state index is -0.820. The SMILES string of the molecule is O=C1O[C@@H](CN2C=CC=C=N2)CN1c1cc(F)c(N2CCOCC=N2)c(F)c1. The van der Waals surface area contributed by atoms with Crippen LogP contribution >= 0.6 is 0 Å². The number of hydrogen-bond donors (Lipinski definition) is 0. The van der Waals surface area contributed by atoms with Gasteiger partial charge in [-0.25, -0.2) is 13.6 Å². The predicted octanol–water partition coefficient (Wildman–Crippen LogP) is 2.08. The van der Waals surface area contributed by atoms with Crippen molar-refractivity contribution in [3.8, 4) is 0 Å². The number of rotatable bonds is 4. The monoisotopic (exact) mass is 389 g/mol. The first kappa shape index (κ1) is 18.1. The van der Waals surface area contributed by atoms with E-state index in [0.29, 0.717) is 13.2 Å². The quantitative estimate of drug-likeness (QED) is 0.789. The molecule has 0 radical (unpaired) electrons. The summed E-state index contributed by atoms with van der Waals surface area (Å²) in [6.45, 7) is 1.26. The lowest BCUT2D eigenvalue weighted by Crippen LogP contribution is -2.30. The van der Waals surface area contributed by atoms with Gasteiger partial charge in [0.05, 0.1) is 44.8 Å². The van der Waals surface area contributed by atoms with Gasteiger partial charge in [-0.3, -0.25) is 14.9 Å². The Morgan fingerprint density at radius 1 is 1.29 bits per heavy atom.